The number of aromatic nitrogens is 2. The number of carbonyl (C=O) groups is 1. The van der Waals surface area contributed by atoms with Gasteiger partial charge in [0.2, 0.25) is 17.6 Å². The van der Waals surface area contributed by atoms with Crippen LogP contribution in [0.2, 0.25) is 0 Å². The monoisotopic (exact) mass is 414 g/mol. The molecule has 0 saturated heterocycles. The van der Waals surface area contributed by atoms with Crippen LogP contribution in [-0.2, 0) is 17.8 Å². The van der Waals surface area contributed by atoms with Crippen molar-refractivity contribution < 1.29 is 9.32 Å². The lowest BCUT2D eigenvalue weighted by molar-refractivity contribution is -0.123. The van der Waals surface area contributed by atoms with Crippen molar-refractivity contribution in [2.45, 2.75) is 91.1 Å². The van der Waals surface area contributed by atoms with Gasteiger partial charge in [-0.15, -0.1) is 0 Å². The number of benzene rings is 1. The van der Waals surface area contributed by atoms with E-state index in [2.05, 4.69) is 34.5 Å². The summed E-state index contributed by atoms with van der Waals surface area (Å²) in [4.78, 5) is 16.3. The van der Waals surface area contributed by atoms with Gasteiger partial charge in [-0.2, -0.15) is 4.98 Å². The van der Waals surface area contributed by atoms with Crippen molar-refractivity contribution in [1.29, 1.82) is 0 Å². The van der Waals surface area contributed by atoms with E-state index in [1.165, 1.54) is 56.9 Å². The molecule has 166 valence electrons. The summed E-state index contributed by atoms with van der Waals surface area (Å²) in [7, 11) is 0. The van der Waals surface area contributed by atoms with Crippen molar-refractivity contribution in [3.8, 4) is 11.4 Å². The summed E-state index contributed by atoms with van der Waals surface area (Å²) in [6.07, 6.45) is 11.8. The van der Waals surface area contributed by atoms with Crippen molar-refractivity contribution in [2.24, 2.45) is 11.7 Å². The Morgan fingerprint density at radius 3 is 2.30 bits per heavy atom. The minimum absolute atomic E-state index is 0.0764. The summed E-state index contributed by atoms with van der Waals surface area (Å²) in [6, 6.07) is 7.79. The molecule has 1 amide bonds. The third-order valence-corrected chi connectivity index (χ3v) is 5.43. The highest BCUT2D eigenvalue weighted by Crippen LogP contribution is 2.18. The van der Waals surface area contributed by atoms with Crippen LogP contribution in [0.3, 0.4) is 0 Å². The topological polar surface area (TPSA) is 94.0 Å². The number of hydrogen-bond acceptors (Lipinski definition) is 5. The molecule has 1 aromatic heterocycles. The summed E-state index contributed by atoms with van der Waals surface area (Å²) in [5.74, 6) is 0.769. The summed E-state index contributed by atoms with van der Waals surface area (Å²) in [6.45, 7) is 6.26. The molecule has 0 radical (unpaired) electrons. The molecular weight excluding hydrogens is 376 g/mol. The van der Waals surface area contributed by atoms with Crippen molar-refractivity contribution >= 4 is 5.91 Å². The van der Waals surface area contributed by atoms with Crippen LogP contribution in [0.1, 0.15) is 83.6 Å². The van der Waals surface area contributed by atoms with E-state index in [0.717, 1.165) is 12.0 Å². The molecule has 0 spiro atoms. The molecule has 1 aromatic carbocycles. The first-order chi connectivity index (χ1) is 14.5. The van der Waals surface area contributed by atoms with Crippen LogP contribution in [0.5, 0.6) is 0 Å². The van der Waals surface area contributed by atoms with Gasteiger partial charge in [0.25, 0.3) is 0 Å². The first-order valence-corrected chi connectivity index (χ1v) is 11.5. The summed E-state index contributed by atoms with van der Waals surface area (Å²) < 4.78 is 5.25. The lowest BCUT2D eigenvalue weighted by Gasteiger charge is -2.14. The van der Waals surface area contributed by atoms with Crippen molar-refractivity contribution in [1.82, 2.24) is 15.5 Å². The first kappa shape index (κ1) is 24.1. The van der Waals surface area contributed by atoms with Crippen LogP contribution < -0.4 is 11.1 Å². The minimum atomic E-state index is -0.541. The van der Waals surface area contributed by atoms with Gasteiger partial charge in [0.15, 0.2) is 0 Å². The second kappa shape index (κ2) is 13.2. The number of nitrogens with two attached hydrogens (primary N) is 1. The first-order valence-electron chi connectivity index (χ1n) is 11.5. The quantitative estimate of drug-likeness (QED) is 0.423. The van der Waals surface area contributed by atoms with Crippen LogP contribution in [0.4, 0.5) is 0 Å². The predicted molar refractivity (Wildman–Crippen MR) is 121 cm³/mol. The maximum Gasteiger partial charge on any atom is 0.246 e. The van der Waals surface area contributed by atoms with Crippen LogP contribution in [0, 0.1) is 5.92 Å². The number of carbonyl (C=O) groups excluding carboxylic acids is 1. The zero-order valence-electron chi connectivity index (χ0n) is 18.8. The summed E-state index contributed by atoms with van der Waals surface area (Å²) >= 11 is 0. The van der Waals surface area contributed by atoms with E-state index in [-0.39, 0.29) is 18.4 Å². The Kier molecular flexibility index (Phi) is 10.6. The zero-order valence-corrected chi connectivity index (χ0v) is 18.8. The van der Waals surface area contributed by atoms with Crippen LogP contribution in [0.15, 0.2) is 28.8 Å². The number of unbranched alkanes of at least 4 members (excludes halogenated alkanes) is 7. The molecule has 0 bridgehead atoms. The molecule has 0 saturated carbocycles. The van der Waals surface area contributed by atoms with Gasteiger partial charge in [-0.3, -0.25) is 4.79 Å². The zero-order chi connectivity index (χ0) is 21.8. The number of rotatable bonds is 14. The number of amides is 1. The van der Waals surface area contributed by atoms with E-state index >= 15 is 0 Å². The molecule has 1 heterocycles. The third kappa shape index (κ3) is 8.27. The average Bonchev–Trinajstić information content (AvgIpc) is 3.22. The Hall–Kier alpha value is -2.21. The second-order valence-electron chi connectivity index (χ2n) is 8.42. The molecular formula is C24H38N4O2. The SMILES string of the molecule is CCCCCCCCCCc1ccc(-c2noc(CNC(=O)C(N)C(C)C)n2)cc1. The molecule has 1 unspecified atom stereocenters. The van der Waals surface area contributed by atoms with E-state index in [1.807, 2.05) is 26.0 Å². The van der Waals surface area contributed by atoms with Crippen LogP contribution in [0.25, 0.3) is 11.4 Å². The Bertz CT molecular complexity index is 740. The van der Waals surface area contributed by atoms with E-state index in [1.54, 1.807) is 0 Å². The van der Waals surface area contributed by atoms with Crippen molar-refractivity contribution in [3.05, 3.63) is 35.7 Å². The highest BCUT2D eigenvalue weighted by Gasteiger charge is 2.18. The summed E-state index contributed by atoms with van der Waals surface area (Å²) in [5.41, 5.74) is 8.08. The van der Waals surface area contributed by atoms with Gasteiger partial charge in [0.05, 0.1) is 12.6 Å². The fourth-order valence-corrected chi connectivity index (χ4v) is 3.31. The Morgan fingerprint density at radius 2 is 1.67 bits per heavy atom. The van der Waals surface area contributed by atoms with Crippen LogP contribution in [-0.4, -0.2) is 22.1 Å². The highest BCUT2D eigenvalue weighted by molar-refractivity contribution is 5.81. The van der Waals surface area contributed by atoms with E-state index in [0.29, 0.717) is 11.7 Å². The molecule has 2 aromatic rings. The molecule has 3 N–H and O–H groups in total. The molecule has 0 fully saturated rings. The Labute approximate surface area is 181 Å². The molecule has 30 heavy (non-hydrogen) atoms. The molecule has 6 heteroatoms. The smallest absolute Gasteiger partial charge is 0.246 e. The van der Waals surface area contributed by atoms with Gasteiger partial charge < -0.3 is 15.6 Å². The van der Waals surface area contributed by atoms with Crippen molar-refractivity contribution in [3.63, 3.8) is 0 Å². The number of nitrogens with one attached hydrogen (secondary N) is 1. The molecule has 0 aliphatic rings. The molecule has 6 nitrogen and oxygen atoms in total. The van der Waals surface area contributed by atoms with Gasteiger partial charge in [0.1, 0.15) is 0 Å². The summed E-state index contributed by atoms with van der Waals surface area (Å²) in [5, 5.41) is 6.76. The normalized spacial score (nSPS) is 12.3. The third-order valence-electron chi connectivity index (χ3n) is 5.43. The maximum atomic E-state index is 11.9. The van der Waals surface area contributed by atoms with Gasteiger partial charge in [0, 0.05) is 5.56 Å². The van der Waals surface area contributed by atoms with Gasteiger partial charge >= 0.3 is 0 Å². The average molecular weight is 415 g/mol. The van der Waals surface area contributed by atoms with Gasteiger partial charge in [-0.25, -0.2) is 0 Å². The number of aryl methyl sites for hydroxylation is 1. The fourth-order valence-electron chi connectivity index (χ4n) is 3.31. The predicted octanol–water partition coefficient (Wildman–Crippen LogP) is 5.02. The second-order valence-corrected chi connectivity index (χ2v) is 8.42. The minimum Gasteiger partial charge on any atom is -0.346 e. The molecule has 1 atom stereocenters. The Balaban J connectivity index is 1.73. The van der Waals surface area contributed by atoms with Crippen LogP contribution >= 0.6 is 0 Å². The van der Waals surface area contributed by atoms with E-state index in [9.17, 15) is 4.79 Å². The molecule has 0 aliphatic heterocycles. The van der Waals surface area contributed by atoms with Crippen molar-refractivity contribution in [2.75, 3.05) is 0 Å². The fraction of sp³-hybridized carbons (Fsp3) is 0.625. The maximum absolute atomic E-state index is 11.9. The highest BCUT2D eigenvalue weighted by atomic mass is 16.5. The van der Waals surface area contributed by atoms with Gasteiger partial charge in [-0.05, 0) is 24.3 Å². The molecule has 2 rings (SSSR count). The Morgan fingerprint density at radius 1 is 1.03 bits per heavy atom. The van der Waals surface area contributed by atoms with E-state index < -0.39 is 6.04 Å². The largest absolute Gasteiger partial charge is 0.346 e. The molecule has 0 aliphatic carbocycles. The number of hydrogen-bond donors (Lipinski definition) is 2. The lowest BCUT2D eigenvalue weighted by Crippen LogP contribution is -2.43. The van der Waals surface area contributed by atoms with E-state index in [4.69, 9.17) is 10.3 Å². The standard InChI is InChI=1S/C24H38N4O2/c1-4-5-6-7-8-9-10-11-12-19-13-15-20(16-14-19)23-27-21(30-28-23)17-26-24(29)22(25)18(2)3/h13-16,18,22H,4-12,17,25H2,1-3H3,(H,26,29). The van der Waals surface area contributed by atoms with Gasteiger partial charge in [-0.1, -0.05) is 95.1 Å². The lowest BCUT2D eigenvalue weighted by atomic mass is 10.0. The number of nitrogens with zero attached hydrogens (tertiary/aromatic N) is 2.